The van der Waals surface area contributed by atoms with Crippen molar-refractivity contribution in [3.05, 3.63) is 52.7 Å². The minimum atomic E-state index is -0.110. The fourth-order valence-corrected chi connectivity index (χ4v) is 3.24. The first-order valence-corrected chi connectivity index (χ1v) is 8.99. The Morgan fingerprint density at radius 2 is 2.08 bits per heavy atom. The Kier molecular flexibility index (Phi) is 5.69. The second-order valence-electron chi connectivity index (χ2n) is 6.46. The summed E-state index contributed by atoms with van der Waals surface area (Å²) < 4.78 is 0. The lowest BCUT2D eigenvalue weighted by atomic mass is 9.96. The molecule has 2 atom stereocenters. The first-order chi connectivity index (χ1) is 12.6. The number of piperidine rings is 1. The Morgan fingerprint density at radius 1 is 1.31 bits per heavy atom. The van der Waals surface area contributed by atoms with Crippen LogP contribution in [0, 0.1) is 17.2 Å². The van der Waals surface area contributed by atoms with Crippen LogP contribution in [0.3, 0.4) is 0 Å². The lowest BCUT2D eigenvalue weighted by Gasteiger charge is -2.33. The molecule has 1 aromatic carbocycles. The van der Waals surface area contributed by atoms with Gasteiger partial charge >= 0.3 is 0 Å². The van der Waals surface area contributed by atoms with Gasteiger partial charge in [0.05, 0.1) is 23.6 Å². The molecule has 1 N–H and O–H groups in total. The van der Waals surface area contributed by atoms with Crippen LogP contribution in [0.25, 0.3) is 0 Å². The van der Waals surface area contributed by atoms with Gasteiger partial charge in [-0.3, -0.25) is 4.79 Å². The van der Waals surface area contributed by atoms with E-state index in [1.807, 2.05) is 25.1 Å². The van der Waals surface area contributed by atoms with Crippen molar-refractivity contribution in [3.8, 4) is 6.07 Å². The smallest absolute Gasteiger partial charge is 0.225 e. The van der Waals surface area contributed by atoms with Crippen LogP contribution >= 0.6 is 11.6 Å². The quantitative estimate of drug-likeness (QED) is 0.895. The number of benzene rings is 1. The third-order valence-corrected chi connectivity index (χ3v) is 4.83. The van der Waals surface area contributed by atoms with Crippen molar-refractivity contribution in [2.24, 2.45) is 5.92 Å². The predicted molar refractivity (Wildman–Crippen MR) is 99.7 cm³/mol. The molecule has 6 nitrogen and oxygen atoms in total. The van der Waals surface area contributed by atoms with Gasteiger partial charge in [0.2, 0.25) is 5.91 Å². The lowest BCUT2D eigenvalue weighted by molar-refractivity contribution is -0.125. The number of carbonyl (C=O) groups is 1. The van der Waals surface area contributed by atoms with Crippen LogP contribution in [0.1, 0.15) is 36.9 Å². The second kappa shape index (κ2) is 8.15. The average molecular weight is 370 g/mol. The van der Waals surface area contributed by atoms with Crippen molar-refractivity contribution in [2.75, 3.05) is 18.0 Å². The summed E-state index contributed by atoms with van der Waals surface area (Å²) in [4.78, 5) is 14.8. The maximum absolute atomic E-state index is 12.7. The molecular formula is C19H20ClN5O. The average Bonchev–Trinajstić information content (AvgIpc) is 2.68. The van der Waals surface area contributed by atoms with Crippen molar-refractivity contribution in [2.45, 2.75) is 25.8 Å². The summed E-state index contributed by atoms with van der Waals surface area (Å²) in [5.74, 6) is 0.683. The molecule has 2 aromatic rings. The zero-order valence-corrected chi connectivity index (χ0v) is 15.3. The lowest BCUT2D eigenvalue weighted by Crippen LogP contribution is -2.44. The number of nitriles is 1. The standard InChI is InChI=1S/C19H20ClN5O/c1-13(15-6-4-14(11-21)5-7-15)22-19(26)16-3-2-10-25(12-16)18-9-8-17(20)23-24-18/h4-9,13,16H,2-3,10,12H2,1H3,(H,22,26)/t13-,16-/m1/s1. The summed E-state index contributed by atoms with van der Waals surface area (Å²) in [6, 6.07) is 12.8. The van der Waals surface area contributed by atoms with E-state index in [2.05, 4.69) is 26.5 Å². The normalized spacial score (nSPS) is 18.0. The van der Waals surface area contributed by atoms with E-state index < -0.39 is 0 Å². The number of nitrogens with one attached hydrogen (secondary N) is 1. The molecule has 7 heteroatoms. The highest BCUT2D eigenvalue weighted by molar-refractivity contribution is 6.29. The molecular weight excluding hydrogens is 350 g/mol. The fraction of sp³-hybridized carbons (Fsp3) is 0.368. The molecule has 1 fully saturated rings. The van der Waals surface area contributed by atoms with E-state index in [-0.39, 0.29) is 17.9 Å². The molecule has 1 aliphatic rings. The van der Waals surface area contributed by atoms with Crippen molar-refractivity contribution in [3.63, 3.8) is 0 Å². The number of hydrogen-bond acceptors (Lipinski definition) is 5. The minimum absolute atomic E-state index is 0.0356. The summed E-state index contributed by atoms with van der Waals surface area (Å²) in [5.41, 5.74) is 1.59. The number of nitrogens with zero attached hydrogens (tertiary/aromatic N) is 4. The van der Waals surface area contributed by atoms with Crippen molar-refractivity contribution in [1.29, 1.82) is 5.26 Å². The van der Waals surface area contributed by atoms with E-state index in [1.54, 1.807) is 18.2 Å². The molecule has 134 valence electrons. The number of halogens is 1. The van der Waals surface area contributed by atoms with E-state index in [9.17, 15) is 4.79 Å². The van der Waals surface area contributed by atoms with E-state index in [0.29, 0.717) is 17.3 Å². The van der Waals surface area contributed by atoms with Crippen molar-refractivity contribution >= 4 is 23.3 Å². The van der Waals surface area contributed by atoms with Gasteiger partial charge in [-0.25, -0.2) is 0 Å². The van der Waals surface area contributed by atoms with Gasteiger partial charge in [-0.2, -0.15) is 5.26 Å². The summed E-state index contributed by atoms with van der Waals surface area (Å²) in [6.07, 6.45) is 1.77. The Hall–Kier alpha value is -2.65. The monoisotopic (exact) mass is 369 g/mol. The van der Waals surface area contributed by atoms with Gasteiger partial charge in [0, 0.05) is 13.1 Å². The molecule has 2 heterocycles. The van der Waals surface area contributed by atoms with Crippen molar-refractivity contribution < 1.29 is 4.79 Å². The molecule has 1 aromatic heterocycles. The van der Waals surface area contributed by atoms with Crippen LogP contribution < -0.4 is 10.2 Å². The van der Waals surface area contributed by atoms with E-state index in [1.165, 1.54) is 0 Å². The van der Waals surface area contributed by atoms with Gasteiger partial charge in [0.1, 0.15) is 0 Å². The van der Waals surface area contributed by atoms with Crippen LogP contribution in [0.4, 0.5) is 5.82 Å². The number of anilines is 1. The third-order valence-electron chi connectivity index (χ3n) is 4.63. The molecule has 0 unspecified atom stereocenters. The van der Waals surface area contributed by atoms with Crippen LogP contribution in [0.5, 0.6) is 0 Å². The van der Waals surface area contributed by atoms with E-state index in [0.717, 1.165) is 30.8 Å². The molecule has 0 radical (unpaired) electrons. The molecule has 1 amide bonds. The zero-order chi connectivity index (χ0) is 18.5. The van der Waals surface area contributed by atoms with Crippen LogP contribution in [-0.2, 0) is 4.79 Å². The van der Waals surface area contributed by atoms with Gasteiger partial charge in [-0.05, 0) is 49.6 Å². The van der Waals surface area contributed by atoms with Gasteiger partial charge in [-0.15, -0.1) is 10.2 Å². The number of carbonyl (C=O) groups excluding carboxylic acids is 1. The van der Waals surface area contributed by atoms with Crippen LogP contribution in [-0.4, -0.2) is 29.2 Å². The Labute approximate surface area is 157 Å². The molecule has 1 aliphatic heterocycles. The summed E-state index contributed by atoms with van der Waals surface area (Å²) >= 11 is 5.79. The van der Waals surface area contributed by atoms with Gasteiger partial charge in [0.25, 0.3) is 0 Å². The van der Waals surface area contributed by atoms with Crippen molar-refractivity contribution in [1.82, 2.24) is 15.5 Å². The van der Waals surface area contributed by atoms with Gasteiger partial charge < -0.3 is 10.2 Å². The first kappa shape index (κ1) is 18.2. The maximum atomic E-state index is 12.7. The number of aromatic nitrogens is 2. The minimum Gasteiger partial charge on any atom is -0.354 e. The van der Waals surface area contributed by atoms with E-state index >= 15 is 0 Å². The van der Waals surface area contributed by atoms with Crippen LogP contribution in [0.2, 0.25) is 5.15 Å². The molecule has 1 saturated heterocycles. The van der Waals surface area contributed by atoms with E-state index in [4.69, 9.17) is 16.9 Å². The number of hydrogen-bond donors (Lipinski definition) is 1. The highest BCUT2D eigenvalue weighted by Crippen LogP contribution is 2.23. The summed E-state index contributed by atoms with van der Waals surface area (Å²) in [6.45, 7) is 3.41. The molecule has 3 rings (SSSR count). The van der Waals surface area contributed by atoms with Crippen LogP contribution in [0.15, 0.2) is 36.4 Å². The zero-order valence-electron chi connectivity index (χ0n) is 14.5. The van der Waals surface area contributed by atoms with Gasteiger partial charge in [-0.1, -0.05) is 23.7 Å². The largest absolute Gasteiger partial charge is 0.354 e. The Morgan fingerprint density at radius 3 is 2.73 bits per heavy atom. The summed E-state index contributed by atoms with van der Waals surface area (Å²) in [7, 11) is 0. The molecule has 0 bridgehead atoms. The molecule has 0 spiro atoms. The molecule has 0 saturated carbocycles. The number of amides is 1. The molecule has 0 aliphatic carbocycles. The predicted octanol–water partition coefficient (Wildman–Crippen LogP) is 3.10. The Bertz CT molecular complexity index is 800. The fourth-order valence-electron chi connectivity index (χ4n) is 3.14. The summed E-state index contributed by atoms with van der Waals surface area (Å²) in [5, 5.41) is 20.3. The van der Waals surface area contributed by atoms with Gasteiger partial charge in [0.15, 0.2) is 11.0 Å². The topological polar surface area (TPSA) is 81.9 Å². The third kappa shape index (κ3) is 4.30. The highest BCUT2D eigenvalue weighted by Gasteiger charge is 2.27. The maximum Gasteiger partial charge on any atom is 0.225 e. The molecule has 26 heavy (non-hydrogen) atoms. The Balaban J connectivity index is 1.61. The highest BCUT2D eigenvalue weighted by atomic mass is 35.5. The second-order valence-corrected chi connectivity index (χ2v) is 6.85. The number of rotatable bonds is 4. The first-order valence-electron chi connectivity index (χ1n) is 8.61. The SMILES string of the molecule is C[C@@H](NC(=O)[C@@H]1CCCN(c2ccc(Cl)nn2)C1)c1ccc(C#N)cc1.